The quantitative estimate of drug-likeness (QED) is 0.561. The van der Waals surface area contributed by atoms with E-state index in [4.69, 9.17) is 16.2 Å². The van der Waals surface area contributed by atoms with Crippen LogP contribution in [0.15, 0.2) is 30.3 Å². The Morgan fingerprint density at radius 1 is 1.35 bits per heavy atom. The number of hydrogen-bond donors (Lipinski definition) is 4. The third-order valence-corrected chi connectivity index (χ3v) is 4.67. The highest BCUT2D eigenvalue weighted by molar-refractivity contribution is 5.85. The van der Waals surface area contributed by atoms with Gasteiger partial charge in [-0.15, -0.1) is 12.4 Å². The van der Waals surface area contributed by atoms with Crippen molar-refractivity contribution in [3.63, 3.8) is 0 Å². The van der Waals surface area contributed by atoms with Crippen molar-refractivity contribution in [3.05, 3.63) is 41.5 Å². The average Bonchev–Trinajstić information content (AvgIpc) is 2.54. The lowest BCUT2D eigenvalue weighted by Gasteiger charge is -2.41. The van der Waals surface area contributed by atoms with E-state index in [0.29, 0.717) is 25.8 Å². The highest BCUT2D eigenvalue weighted by atomic mass is 35.5. The molecule has 6 N–H and O–H groups in total. The number of methoxy groups -OCH3 is 1. The minimum absolute atomic E-state index is 0. The van der Waals surface area contributed by atoms with E-state index in [1.54, 1.807) is 7.11 Å². The summed E-state index contributed by atoms with van der Waals surface area (Å²) in [7, 11) is 1.60. The minimum atomic E-state index is -1.60. The van der Waals surface area contributed by atoms with Crippen molar-refractivity contribution in [2.45, 2.75) is 43.1 Å². The first kappa shape index (κ1) is 20.1. The van der Waals surface area contributed by atoms with Crippen LogP contribution in [0.2, 0.25) is 0 Å². The fourth-order valence-corrected chi connectivity index (χ4v) is 3.17. The molecular weight excluding hydrogens is 316 g/mol. The average molecular weight is 343 g/mol. The third kappa shape index (κ3) is 4.32. The Bertz CT molecular complexity index is 520. The van der Waals surface area contributed by atoms with Crippen molar-refractivity contribution in [2.24, 2.45) is 11.5 Å². The summed E-state index contributed by atoms with van der Waals surface area (Å²) in [6.07, 6.45) is 4.05. The van der Waals surface area contributed by atoms with E-state index in [-0.39, 0.29) is 24.4 Å². The molecule has 0 aliphatic heterocycles. The molecule has 3 unspecified atom stereocenters. The summed E-state index contributed by atoms with van der Waals surface area (Å²) in [5, 5.41) is 19.9. The van der Waals surface area contributed by atoms with Gasteiger partial charge in [-0.1, -0.05) is 36.4 Å². The van der Waals surface area contributed by atoms with Crippen molar-refractivity contribution < 1.29 is 14.9 Å². The molecule has 5 nitrogen and oxygen atoms in total. The Hall–Kier alpha value is -0.950. The molecule has 1 aliphatic rings. The topological polar surface area (TPSA) is 102 Å². The second-order valence-corrected chi connectivity index (χ2v) is 5.94. The lowest BCUT2D eigenvalue weighted by atomic mass is 9.71. The number of rotatable bonds is 7. The number of hydrogen-bond acceptors (Lipinski definition) is 5. The smallest absolute Gasteiger partial charge is 0.170 e. The molecule has 1 aromatic carbocycles. The maximum absolute atomic E-state index is 9.94. The monoisotopic (exact) mass is 342 g/mol. The Labute approximate surface area is 143 Å². The van der Waals surface area contributed by atoms with Gasteiger partial charge >= 0.3 is 0 Å². The number of ether oxygens (including phenoxy) is 1. The van der Waals surface area contributed by atoms with Gasteiger partial charge in [0.15, 0.2) is 6.29 Å². The first-order chi connectivity index (χ1) is 10.5. The predicted molar refractivity (Wildman–Crippen MR) is 94.3 cm³/mol. The number of halogens is 1. The van der Waals surface area contributed by atoms with E-state index in [2.05, 4.69) is 0 Å². The molecule has 0 aromatic heterocycles. The van der Waals surface area contributed by atoms with Crippen LogP contribution in [0.4, 0.5) is 0 Å². The predicted octanol–water partition coefficient (Wildman–Crippen LogP) is 1.37. The number of fused-ring (bicyclic) bond motifs is 1. The van der Waals surface area contributed by atoms with Crippen molar-refractivity contribution in [3.8, 4) is 0 Å². The van der Waals surface area contributed by atoms with E-state index >= 15 is 0 Å². The summed E-state index contributed by atoms with van der Waals surface area (Å²) in [5.74, 6) is -0.149. The molecule has 0 amide bonds. The normalized spacial score (nSPS) is 20.5. The molecule has 23 heavy (non-hydrogen) atoms. The number of aliphatic hydroxyl groups excluding tert-OH is 1. The molecule has 0 heterocycles. The molecule has 0 spiro atoms. The van der Waals surface area contributed by atoms with Crippen LogP contribution in [0.5, 0.6) is 0 Å². The van der Waals surface area contributed by atoms with Crippen LogP contribution < -0.4 is 11.5 Å². The zero-order chi connectivity index (χ0) is 16.2. The third-order valence-electron chi connectivity index (χ3n) is 4.67. The Morgan fingerprint density at radius 2 is 2.04 bits per heavy atom. The molecule has 1 aromatic rings. The van der Waals surface area contributed by atoms with Gasteiger partial charge in [0.2, 0.25) is 0 Å². The highest BCUT2D eigenvalue weighted by Gasteiger charge is 2.42. The van der Waals surface area contributed by atoms with Crippen LogP contribution in [-0.4, -0.2) is 41.8 Å². The van der Waals surface area contributed by atoms with Crippen molar-refractivity contribution >= 4 is 18.5 Å². The van der Waals surface area contributed by atoms with Gasteiger partial charge in [0.1, 0.15) is 0 Å². The van der Waals surface area contributed by atoms with Gasteiger partial charge in [-0.25, -0.2) is 0 Å². The first-order valence-corrected chi connectivity index (χ1v) is 7.66. The Balaban J connectivity index is 0.00000264. The Kier molecular flexibility index (Phi) is 7.67. The number of nitrogens with two attached hydrogens (primary N) is 2. The molecule has 130 valence electrons. The summed E-state index contributed by atoms with van der Waals surface area (Å²) in [6, 6.07) is 7.94. The minimum Gasteiger partial charge on any atom is -0.380 e. The lowest BCUT2D eigenvalue weighted by Crippen LogP contribution is -2.56. The molecule has 6 heteroatoms. The highest BCUT2D eigenvalue weighted by Crippen LogP contribution is 2.40. The van der Waals surface area contributed by atoms with Gasteiger partial charge in [-0.3, -0.25) is 0 Å². The summed E-state index contributed by atoms with van der Waals surface area (Å²) in [4.78, 5) is 0. The van der Waals surface area contributed by atoms with Crippen LogP contribution >= 0.6 is 12.4 Å². The maximum Gasteiger partial charge on any atom is 0.170 e. The summed E-state index contributed by atoms with van der Waals surface area (Å²) in [5.41, 5.74) is 13.1. The zero-order valence-corrected chi connectivity index (χ0v) is 14.2. The molecule has 0 saturated heterocycles. The van der Waals surface area contributed by atoms with Gasteiger partial charge in [-0.05, 0) is 30.4 Å². The van der Waals surface area contributed by atoms with Gasteiger partial charge in [0.05, 0.1) is 11.6 Å². The lowest BCUT2D eigenvalue weighted by molar-refractivity contribution is -0.110. The van der Waals surface area contributed by atoms with Crippen molar-refractivity contribution in [1.29, 1.82) is 0 Å². The summed E-state index contributed by atoms with van der Waals surface area (Å²) >= 11 is 0. The van der Waals surface area contributed by atoms with Gasteiger partial charge < -0.3 is 26.4 Å². The zero-order valence-electron chi connectivity index (χ0n) is 13.4. The van der Waals surface area contributed by atoms with Crippen LogP contribution in [-0.2, 0) is 4.74 Å². The van der Waals surface area contributed by atoms with E-state index in [9.17, 15) is 10.2 Å². The number of benzene rings is 1. The largest absolute Gasteiger partial charge is 0.380 e. The van der Waals surface area contributed by atoms with E-state index in [1.807, 2.05) is 36.4 Å². The number of allylic oxidation sites excluding steroid dienone is 1. The van der Waals surface area contributed by atoms with Crippen molar-refractivity contribution in [2.75, 3.05) is 13.7 Å². The Morgan fingerprint density at radius 3 is 2.65 bits per heavy atom. The first-order valence-electron chi connectivity index (χ1n) is 7.66. The maximum atomic E-state index is 9.94. The SMILES string of the molecule is COC(CN)CCC(N)(C(O)O)C1CC=Cc2ccccc21.Cl. The summed E-state index contributed by atoms with van der Waals surface area (Å²) in [6.45, 7) is 0.384. The van der Waals surface area contributed by atoms with Gasteiger partial charge in [0.25, 0.3) is 0 Å². The van der Waals surface area contributed by atoms with E-state index in [0.717, 1.165) is 11.1 Å². The molecule has 0 bridgehead atoms. The second kappa shape index (κ2) is 8.78. The summed E-state index contributed by atoms with van der Waals surface area (Å²) < 4.78 is 5.27. The van der Waals surface area contributed by atoms with E-state index in [1.165, 1.54) is 0 Å². The molecule has 0 fully saturated rings. The molecule has 0 radical (unpaired) electrons. The fourth-order valence-electron chi connectivity index (χ4n) is 3.17. The molecule has 1 aliphatic carbocycles. The van der Waals surface area contributed by atoms with Crippen LogP contribution in [0.3, 0.4) is 0 Å². The molecule has 3 atom stereocenters. The molecule has 2 rings (SSSR count). The fraction of sp³-hybridized carbons (Fsp3) is 0.529. The van der Waals surface area contributed by atoms with Crippen LogP contribution in [0.1, 0.15) is 36.3 Å². The van der Waals surface area contributed by atoms with Gasteiger partial charge in [-0.2, -0.15) is 0 Å². The van der Waals surface area contributed by atoms with Gasteiger partial charge in [0, 0.05) is 19.6 Å². The van der Waals surface area contributed by atoms with Crippen LogP contribution in [0.25, 0.3) is 6.08 Å². The molecular formula is C17H27ClN2O3. The standard InChI is InChI=1S/C17H26N2O3.ClH/c1-22-13(11-18)9-10-17(19,16(20)21)15-8-4-6-12-5-2-3-7-14(12)15;/h2-7,13,15-16,20-21H,8-11,18-19H2,1H3;1H. The molecule has 0 saturated carbocycles. The van der Waals surface area contributed by atoms with E-state index < -0.39 is 11.8 Å². The van der Waals surface area contributed by atoms with Crippen LogP contribution in [0, 0.1) is 0 Å². The second-order valence-electron chi connectivity index (χ2n) is 5.94. The number of aliphatic hydroxyl groups is 2. The van der Waals surface area contributed by atoms with Crippen molar-refractivity contribution in [1.82, 2.24) is 0 Å².